The van der Waals surface area contributed by atoms with Crippen LogP contribution < -0.4 is 15.4 Å². The lowest BCUT2D eigenvalue weighted by atomic mass is 10.2. The van der Waals surface area contributed by atoms with Gasteiger partial charge >= 0.3 is 0 Å². The molecular weight excluding hydrogens is 276 g/mol. The summed E-state index contributed by atoms with van der Waals surface area (Å²) in [4.78, 5) is 4.15. The van der Waals surface area contributed by atoms with Crippen molar-refractivity contribution in [3.05, 3.63) is 18.3 Å². The monoisotopic (exact) mass is 293 g/mol. The number of pyridine rings is 1. The standard InChI is InChI=1S/C12H17F2N3O.ClH/c1-8-4-9(6-16-8)17-12-5-10(2-3-15-12)18-7-11(13)14;/h2-3,5,8-9,11,16H,4,6-7H2,1H3,(H,15,17);1H/t8-,9-;/m1./s1. The number of hydrogen-bond acceptors (Lipinski definition) is 4. The average molecular weight is 294 g/mol. The van der Waals surface area contributed by atoms with Crippen LogP contribution in [0.5, 0.6) is 5.75 Å². The van der Waals surface area contributed by atoms with E-state index in [-0.39, 0.29) is 12.4 Å². The number of nitrogens with zero attached hydrogens (tertiary/aromatic N) is 1. The zero-order valence-electron chi connectivity index (χ0n) is 10.6. The number of hydrogen-bond donors (Lipinski definition) is 2. The summed E-state index contributed by atoms with van der Waals surface area (Å²) in [5.41, 5.74) is 0. The van der Waals surface area contributed by atoms with Gasteiger partial charge in [-0.05, 0) is 19.4 Å². The zero-order chi connectivity index (χ0) is 13.0. The molecule has 4 nitrogen and oxygen atoms in total. The van der Waals surface area contributed by atoms with E-state index in [0.717, 1.165) is 13.0 Å². The molecule has 1 saturated heterocycles. The van der Waals surface area contributed by atoms with Crippen LogP contribution >= 0.6 is 12.4 Å². The van der Waals surface area contributed by atoms with Crippen LogP contribution in [0.3, 0.4) is 0 Å². The van der Waals surface area contributed by atoms with Crippen LogP contribution in [0, 0.1) is 0 Å². The summed E-state index contributed by atoms with van der Waals surface area (Å²) < 4.78 is 29.0. The van der Waals surface area contributed by atoms with Crippen molar-refractivity contribution in [2.45, 2.75) is 31.9 Å². The van der Waals surface area contributed by atoms with E-state index in [2.05, 4.69) is 22.5 Å². The first-order valence-corrected chi connectivity index (χ1v) is 6.00. The van der Waals surface area contributed by atoms with Crippen LogP contribution in [0.2, 0.25) is 0 Å². The van der Waals surface area contributed by atoms with Gasteiger partial charge in [-0.15, -0.1) is 12.4 Å². The number of anilines is 1. The molecule has 2 rings (SSSR count). The summed E-state index contributed by atoms with van der Waals surface area (Å²) >= 11 is 0. The molecule has 2 heterocycles. The van der Waals surface area contributed by atoms with Crippen molar-refractivity contribution in [2.75, 3.05) is 18.5 Å². The van der Waals surface area contributed by atoms with Crippen LogP contribution in [0.1, 0.15) is 13.3 Å². The molecule has 7 heteroatoms. The topological polar surface area (TPSA) is 46.2 Å². The molecule has 0 amide bonds. The van der Waals surface area contributed by atoms with Gasteiger partial charge in [-0.25, -0.2) is 13.8 Å². The van der Waals surface area contributed by atoms with E-state index in [1.807, 2.05) is 0 Å². The summed E-state index contributed by atoms with van der Waals surface area (Å²) in [6, 6.07) is 4.02. The number of aromatic nitrogens is 1. The first-order chi connectivity index (χ1) is 8.63. The van der Waals surface area contributed by atoms with E-state index < -0.39 is 13.0 Å². The number of alkyl halides is 2. The molecule has 19 heavy (non-hydrogen) atoms. The molecule has 1 aromatic heterocycles. The first-order valence-electron chi connectivity index (χ1n) is 6.00. The van der Waals surface area contributed by atoms with E-state index >= 15 is 0 Å². The SMILES string of the molecule is C[C@@H]1C[C@@H](Nc2cc(OCC(F)F)ccn2)CN1.Cl. The fraction of sp³-hybridized carbons (Fsp3) is 0.583. The molecule has 0 spiro atoms. The normalized spacial score (nSPS) is 22.1. The van der Waals surface area contributed by atoms with Crippen LogP contribution in [-0.4, -0.2) is 36.6 Å². The Hall–Kier alpha value is -1.14. The Kier molecular flexibility index (Phi) is 6.24. The lowest BCUT2D eigenvalue weighted by Crippen LogP contribution is -2.23. The molecule has 1 aliphatic rings. The number of nitrogens with one attached hydrogen (secondary N) is 2. The van der Waals surface area contributed by atoms with Gasteiger partial charge in [0.25, 0.3) is 6.43 Å². The Labute approximate surface area is 117 Å². The summed E-state index contributed by atoms with van der Waals surface area (Å²) in [5.74, 6) is 1.06. The maximum absolute atomic E-state index is 12.0. The molecule has 2 N–H and O–H groups in total. The van der Waals surface area contributed by atoms with Crippen molar-refractivity contribution in [1.29, 1.82) is 0 Å². The molecule has 0 radical (unpaired) electrons. The highest BCUT2D eigenvalue weighted by atomic mass is 35.5. The second kappa shape index (κ2) is 7.45. The molecule has 1 aliphatic heterocycles. The van der Waals surface area contributed by atoms with Gasteiger partial charge in [0.2, 0.25) is 0 Å². The molecule has 0 unspecified atom stereocenters. The molecule has 1 fully saturated rings. The summed E-state index contributed by atoms with van der Waals surface area (Å²) in [7, 11) is 0. The van der Waals surface area contributed by atoms with E-state index in [9.17, 15) is 8.78 Å². The Morgan fingerprint density at radius 1 is 1.58 bits per heavy atom. The van der Waals surface area contributed by atoms with Crippen molar-refractivity contribution < 1.29 is 13.5 Å². The van der Waals surface area contributed by atoms with Gasteiger partial charge in [-0.3, -0.25) is 0 Å². The maximum Gasteiger partial charge on any atom is 0.272 e. The summed E-state index contributed by atoms with van der Waals surface area (Å²) in [6.45, 7) is 2.41. The summed E-state index contributed by atoms with van der Waals surface area (Å²) in [5, 5.41) is 6.58. The Morgan fingerprint density at radius 3 is 3.00 bits per heavy atom. The van der Waals surface area contributed by atoms with E-state index in [0.29, 0.717) is 23.7 Å². The quantitative estimate of drug-likeness (QED) is 0.874. The lowest BCUT2D eigenvalue weighted by Gasteiger charge is -2.13. The predicted molar refractivity (Wildman–Crippen MR) is 72.5 cm³/mol. The third-order valence-electron chi connectivity index (χ3n) is 2.81. The van der Waals surface area contributed by atoms with E-state index in [4.69, 9.17) is 4.74 Å². The molecule has 0 aliphatic carbocycles. The minimum absolute atomic E-state index is 0. The minimum atomic E-state index is -2.46. The molecule has 0 bridgehead atoms. The lowest BCUT2D eigenvalue weighted by molar-refractivity contribution is 0.0819. The molecule has 2 atom stereocenters. The Morgan fingerprint density at radius 2 is 2.37 bits per heavy atom. The van der Waals surface area contributed by atoms with Gasteiger partial charge in [-0.2, -0.15) is 0 Å². The molecular formula is C12H18ClF2N3O. The number of rotatable bonds is 5. The van der Waals surface area contributed by atoms with Crippen molar-refractivity contribution >= 4 is 18.2 Å². The van der Waals surface area contributed by atoms with Crippen LogP contribution in [0.15, 0.2) is 18.3 Å². The van der Waals surface area contributed by atoms with Gasteiger partial charge in [0, 0.05) is 30.9 Å². The zero-order valence-corrected chi connectivity index (χ0v) is 11.4. The van der Waals surface area contributed by atoms with Crippen molar-refractivity contribution in [2.24, 2.45) is 0 Å². The van der Waals surface area contributed by atoms with Crippen molar-refractivity contribution in [1.82, 2.24) is 10.3 Å². The van der Waals surface area contributed by atoms with Gasteiger partial charge in [0.05, 0.1) is 0 Å². The Balaban J connectivity index is 0.00000180. The van der Waals surface area contributed by atoms with Gasteiger partial charge in [0.15, 0.2) is 0 Å². The smallest absolute Gasteiger partial charge is 0.272 e. The van der Waals surface area contributed by atoms with Gasteiger partial charge in [0.1, 0.15) is 18.2 Å². The highest BCUT2D eigenvalue weighted by Gasteiger charge is 2.20. The summed E-state index contributed by atoms with van der Waals surface area (Å²) in [6.07, 6.45) is 0.105. The molecule has 0 aromatic carbocycles. The van der Waals surface area contributed by atoms with E-state index in [1.165, 1.54) is 0 Å². The Bertz CT molecular complexity index is 395. The van der Waals surface area contributed by atoms with Gasteiger partial charge < -0.3 is 15.4 Å². The van der Waals surface area contributed by atoms with Crippen LogP contribution in [-0.2, 0) is 0 Å². The average Bonchev–Trinajstić information content (AvgIpc) is 2.73. The van der Waals surface area contributed by atoms with Gasteiger partial charge in [-0.1, -0.05) is 0 Å². The highest BCUT2D eigenvalue weighted by molar-refractivity contribution is 5.85. The third-order valence-corrected chi connectivity index (χ3v) is 2.81. The first kappa shape index (κ1) is 15.9. The second-order valence-electron chi connectivity index (χ2n) is 4.47. The molecule has 0 saturated carbocycles. The van der Waals surface area contributed by atoms with Crippen LogP contribution in [0.4, 0.5) is 14.6 Å². The number of halogens is 3. The minimum Gasteiger partial charge on any atom is -0.487 e. The number of ether oxygens (including phenoxy) is 1. The second-order valence-corrected chi connectivity index (χ2v) is 4.47. The third kappa shape index (κ3) is 5.16. The fourth-order valence-electron chi connectivity index (χ4n) is 2.00. The molecule has 1 aromatic rings. The largest absolute Gasteiger partial charge is 0.487 e. The predicted octanol–water partition coefficient (Wildman–Crippen LogP) is 2.31. The van der Waals surface area contributed by atoms with Crippen molar-refractivity contribution in [3.63, 3.8) is 0 Å². The maximum atomic E-state index is 12.0. The molecule has 108 valence electrons. The van der Waals surface area contributed by atoms with Crippen LogP contribution in [0.25, 0.3) is 0 Å². The van der Waals surface area contributed by atoms with E-state index in [1.54, 1.807) is 18.3 Å². The highest BCUT2D eigenvalue weighted by Crippen LogP contribution is 2.18. The van der Waals surface area contributed by atoms with Crippen molar-refractivity contribution in [3.8, 4) is 5.75 Å². The fourth-order valence-corrected chi connectivity index (χ4v) is 2.00.